The Morgan fingerprint density at radius 2 is 1.63 bits per heavy atom. The van der Waals surface area contributed by atoms with E-state index in [2.05, 4.69) is 5.32 Å². The number of carboxylic acid groups (broad SMARTS) is 2. The second kappa shape index (κ2) is 6.40. The summed E-state index contributed by atoms with van der Waals surface area (Å²) < 4.78 is 0. The van der Waals surface area contributed by atoms with E-state index in [1.165, 1.54) is 18.2 Å². The zero-order valence-corrected chi connectivity index (χ0v) is 10.9. The molecule has 0 aromatic heterocycles. The van der Waals surface area contributed by atoms with Gasteiger partial charge in [-0.25, -0.2) is 4.79 Å². The highest BCUT2D eigenvalue weighted by atomic mass is 35.5. The Balaban J connectivity index is 2.87. The lowest BCUT2D eigenvalue weighted by molar-refractivity contribution is -0.145. The van der Waals surface area contributed by atoms with Crippen molar-refractivity contribution in [1.29, 1.82) is 0 Å². The van der Waals surface area contributed by atoms with E-state index < -0.39 is 30.3 Å². The molecule has 8 heteroatoms. The molecule has 0 saturated carbocycles. The maximum Gasteiger partial charge on any atom is 0.326 e. The minimum atomic E-state index is -1.53. The molecule has 1 aromatic carbocycles. The molecule has 1 rings (SSSR count). The molecule has 0 heterocycles. The molecule has 1 unspecified atom stereocenters. The Bertz CT molecular complexity index is 512. The molecule has 0 fully saturated rings. The molecule has 1 amide bonds. The Morgan fingerprint density at radius 3 is 2.05 bits per heavy atom. The SMILES string of the molecule is O=C(O)CC(NC(=O)c1cc(Cl)cc(Cl)c1)C(=O)O. The molecule has 0 radical (unpaired) electrons. The van der Waals surface area contributed by atoms with Crippen LogP contribution in [0.4, 0.5) is 0 Å². The largest absolute Gasteiger partial charge is 0.481 e. The van der Waals surface area contributed by atoms with E-state index in [-0.39, 0.29) is 15.6 Å². The normalized spacial score (nSPS) is 11.7. The number of carbonyl (C=O) groups is 3. The predicted molar refractivity (Wildman–Crippen MR) is 67.6 cm³/mol. The summed E-state index contributed by atoms with van der Waals surface area (Å²) in [6.07, 6.45) is -0.727. The van der Waals surface area contributed by atoms with Gasteiger partial charge in [0.05, 0.1) is 6.42 Å². The number of amides is 1. The standard InChI is InChI=1S/C11H9Cl2NO5/c12-6-1-5(2-7(13)3-6)10(17)14-8(11(18)19)4-9(15)16/h1-3,8H,4H2,(H,14,17)(H,15,16)(H,18,19). The van der Waals surface area contributed by atoms with Crippen LogP contribution in [0.25, 0.3) is 0 Å². The topological polar surface area (TPSA) is 104 Å². The minimum Gasteiger partial charge on any atom is -0.481 e. The number of hydrogen-bond acceptors (Lipinski definition) is 3. The van der Waals surface area contributed by atoms with Crippen molar-refractivity contribution in [2.24, 2.45) is 0 Å². The summed E-state index contributed by atoms with van der Waals surface area (Å²) in [5.74, 6) is -3.54. The van der Waals surface area contributed by atoms with Crippen molar-refractivity contribution < 1.29 is 24.6 Å². The van der Waals surface area contributed by atoms with E-state index in [1.54, 1.807) is 0 Å². The number of rotatable bonds is 5. The number of carbonyl (C=O) groups excluding carboxylic acids is 1. The quantitative estimate of drug-likeness (QED) is 0.767. The first kappa shape index (κ1) is 15.3. The summed E-state index contributed by atoms with van der Waals surface area (Å²) in [6, 6.07) is 2.47. The molecule has 19 heavy (non-hydrogen) atoms. The van der Waals surface area contributed by atoms with Gasteiger partial charge in [0.15, 0.2) is 0 Å². The van der Waals surface area contributed by atoms with Crippen LogP contribution in [0.2, 0.25) is 10.0 Å². The third-order valence-electron chi connectivity index (χ3n) is 2.11. The van der Waals surface area contributed by atoms with Gasteiger partial charge in [-0.1, -0.05) is 23.2 Å². The van der Waals surface area contributed by atoms with Gasteiger partial charge in [-0.05, 0) is 18.2 Å². The van der Waals surface area contributed by atoms with E-state index in [0.717, 1.165) is 0 Å². The second-order valence-electron chi connectivity index (χ2n) is 3.62. The average molecular weight is 306 g/mol. The molecule has 1 aromatic rings. The first-order valence-electron chi connectivity index (χ1n) is 5.01. The van der Waals surface area contributed by atoms with Crippen LogP contribution in [-0.2, 0) is 9.59 Å². The van der Waals surface area contributed by atoms with Gasteiger partial charge < -0.3 is 15.5 Å². The number of halogens is 2. The van der Waals surface area contributed by atoms with E-state index in [4.69, 9.17) is 33.4 Å². The first-order valence-corrected chi connectivity index (χ1v) is 5.76. The fraction of sp³-hybridized carbons (Fsp3) is 0.182. The number of benzene rings is 1. The van der Waals surface area contributed by atoms with Crippen LogP contribution >= 0.6 is 23.2 Å². The Labute approximate surface area is 117 Å². The van der Waals surface area contributed by atoms with Gasteiger partial charge in [-0.3, -0.25) is 9.59 Å². The zero-order valence-electron chi connectivity index (χ0n) is 9.39. The summed E-state index contributed by atoms with van der Waals surface area (Å²) in [4.78, 5) is 33.0. The van der Waals surface area contributed by atoms with E-state index in [1.807, 2.05) is 0 Å². The molecule has 0 bridgehead atoms. The molecular formula is C11H9Cl2NO5. The summed E-state index contributed by atoms with van der Waals surface area (Å²) in [5.41, 5.74) is 0.0501. The monoisotopic (exact) mass is 305 g/mol. The van der Waals surface area contributed by atoms with Gasteiger partial charge in [0.1, 0.15) is 6.04 Å². The number of nitrogens with one attached hydrogen (secondary N) is 1. The Morgan fingerprint density at radius 1 is 1.11 bits per heavy atom. The number of aliphatic carboxylic acids is 2. The van der Waals surface area contributed by atoms with Crippen LogP contribution in [0.15, 0.2) is 18.2 Å². The lowest BCUT2D eigenvalue weighted by Crippen LogP contribution is -2.42. The molecule has 0 aliphatic heterocycles. The molecule has 102 valence electrons. The molecule has 1 atom stereocenters. The van der Waals surface area contributed by atoms with Crippen LogP contribution in [0.5, 0.6) is 0 Å². The molecule has 0 aliphatic carbocycles. The molecule has 3 N–H and O–H groups in total. The van der Waals surface area contributed by atoms with Crippen molar-refractivity contribution in [3.05, 3.63) is 33.8 Å². The van der Waals surface area contributed by atoms with Gasteiger partial charge in [-0.15, -0.1) is 0 Å². The van der Waals surface area contributed by atoms with Crippen LogP contribution < -0.4 is 5.32 Å². The van der Waals surface area contributed by atoms with E-state index in [9.17, 15) is 14.4 Å². The Hall–Kier alpha value is -1.79. The molecular weight excluding hydrogens is 297 g/mol. The minimum absolute atomic E-state index is 0.0501. The van der Waals surface area contributed by atoms with Crippen molar-refractivity contribution in [1.82, 2.24) is 5.32 Å². The summed E-state index contributed by atoms with van der Waals surface area (Å²) in [6.45, 7) is 0. The van der Waals surface area contributed by atoms with Crippen LogP contribution in [-0.4, -0.2) is 34.1 Å². The smallest absolute Gasteiger partial charge is 0.326 e. The van der Waals surface area contributed by atoms with Crippen molar-refractivity contribution in [3.63, 3.8) is 0 Å². The zero-order chi connectivity index (χ0) is 14.6. The highest BCUT2D eigenvalue weighted by Crippen LogP contribution is 2.19. The number of carboxylic acids is 2. The van der Waals surface area contributed by atoms with E-state index in [0.29, 0.717) is 0 Å². The van der Waals surface area contributed by atoms with Gasteiger partial charge >= 0.3 is 11.9 Å². The predicted octanol–water partition coefficient (Wildman–Crippen LogP) is 1.65. The molecule has 0 aliphatic rings. The van der Waals surface area contributed by atoms with Gasteiger partial charge in [0.2, 0.25) is 0 Å². The van der Waals surface area contributed by atoms with Gasteiger partial charge in [0.25, 0.3) is 5.91 Å². The van der Waals surface area contributed by atoms with Crippen molar-refractivity contribution in [2.75, 3.05) is 0 Å². The van der Waals surface area contributed by atoms with Gasteiger partial charge in [0, 0.05) is 15.6 Å². The first-order chi connectivity index (χ1) is 8.79. The van der Waals surface area contributed by atoms with Crippen LogP contribution in [0, 0.1) is 0 Å². The fourth-order valence-corrected chi connectivity index (χ4v) is 1.83. The third kappa shape index (κ3) is 4.76. The number of hydrogen-bond donors (Lipinski definition) is 3. The summed E-state index contributed by atoms with van der Waals surface area (Å²) >= 11 is 11.4. The highest BCUT2D eigenvalue weighted by molar-refractivity contribution is 6.35. The molecule has 0 saturated heterocycles. The second-order valence-corrected chi connectivity index (χ2v) is 4.49. The molecule has 6 nitrogen and oxygen atoms in total. The maximum atomic E-state index is 11.8. The van der Waals surface area contributed by atoms with Crippen LogP contribution in [0.1, 0.15) is 16.8 Å². The average Bonchev–Trinajstić information content (AvgIpc) is 2.25. The third-order valence-corrected chi connectivity index (χ3v) is 2.54. The lowest BCUT2D eigenvalue weighted by Gasteiger charge is -2.12. The van der Waals surface area contributed by atoms with Crippen molar-refractivity contribution in [3.8, 4) is 0 Å². The highest BCUT2D eigenvalue weighted by Gasteiger charge is 2.23. The van der Waals surface area contributed by atoms with E-state index >= 15 is 0 Å². The van der Waals surface area contributed by atoms with Crippen LogP contribution in [0.3, 0.4) is 0 Å². The molecule has 0 spiro atoms. The summed E-state index contributed by atoms with van der Waals surface area (Å²) in [5, 5.41) is 19.8. The van der Waals surface area contributed by atoms with Crippen molar-refractivity contribution >= 4 is 41.0 Å². The fourth-order valence-electron chi connectivity index (χ4n) is 1.30. The van der Waals surface area contributed by atoms with Crippen molar-refractivity contribution in [2.45, 2.75) is 12.5 Å². The maximum absolute atomic E-state index is 11.8. The lowest BCUT2D eigenvalue weighted by atomic mass is 10.1. The summed E-state index contributed by atoms with van der Waals surface area (Å²) in [7, 11) is 0. The Kier molecular flexibility index (Phi) is 5.14. The van der Waals surface area contributed by atoms with Gasteiger partial charge in [-0.2, -0.15) is 0 Å².